The summed E-state index contributed by atoms with van der Waals surface area (Å²) >= 11 is 5.55. The summed E-state index contributed by atoms with van der Waals surface area (Å²) in [4.78, 5) is 17.8. The molecule has 32 heavy (non-hydrogen) atoms. The van der Waals surface area contributed by atoms with Crippen molar-refractivity contribution in [3.05, 3.63) is 48.2 Å². The standard InChI is InChI=1S/C25H35N3O3S/c1-4-6-7-8-9-15-27-25(32)28(3)21-14-16-26-22(18-21)20-12-10-19(11-13-20)17-23(24(29)30)31-5-2/h10-14,16,18,23H,4-9,15,17H2,1-3H3,(H,27,32)(H,29,30). The highest BCUT2D eigenvalue weighted by Gasteiger charge is 2.18. The zero-order valence-electron chi connectivity index (χ0n) is 19.3. The summed E-state index contributed by atoms with van der Waals surface area (Å²) in [5.74, 6) is -0.945. The van der Waals surface area contributed by atoms with E-state index >= 15 is 0 Å². The van der Waals surface area contributed by atoms with Crippen molar-refractivity contribution >= 4 is 29.0 Å². The van der Waals surface area contributed by atoms with Gasteiger partial charge in [-0.15, -0.1) is 0 Å². The number of aromatic nitrogens is 1. The fourth-order valence-electron chi connectivity index (χ4n) is 3.39. The van der Waals surface area contributed by atoms with E-state index < -0.39 is 12.1 Å². The second-order valence-corrected chi connectivity index (χ2v) is 8.17. The quantitative estimate of drug-likeness (QED) is 0.322. The molecule has 2 aromatic rings. The van der Waals surface area contributed by atoms with Gasteiger partial charge in [-0.05, 0) is 43.3 Å². The van der Waals surface area contributed by atoms with Crippen LogP contribution in [0.1, 0.15) is 51.5 Å². The molecular weight excluding hydrogens is 422 g/mol. The van der Waals surface area contributed by atoms with Crippen molar-refractivity contribution in [1.29, 1.82) is 0 Å². The van der Waals surface area contributed by atoms with Gasteiger partial charge in [-0.25, -0.2) is 4.79 Å². The van der Waals surface area contributed by atoms with Gasteiger partial charge in [0.15, 0.2) is 11.2 Å². The zero-order chi connectivity index (χ0) is 23.3. The Labute approximate surface area is 197 Å². The van der Waals surface area contributed by atoms with E-state index in [0.717, 1.165) is 35.5 Å². The highest BCUT2D eigenvalue weighted by molar-refractivity contribution is 7.80. The number of rotatable bonds is 13. The molecule has 0 aliphatic rings. The maximum atomic E-state index is 11.3. The van der Waals surface area contributed by atoms with Crippen LogP contribution in [0.15, 0.2) is 42.6 Å². The SMILES string of the molecule is CCCCCCCNC(=S)N(C)c1ccnc(-c2ccc(CC(OCC)C(=O)O)cc2)c1. The number of hydrogen-bond acceptors (Lipinski definition) is 4. The summed E-state index contributed by atoms with van der Waals surface area (Å²) in [6.07, 6.45) is 7.43. The lowest BCUT2D eigenvalue weighted by atomic mass is 10.0. The number of hydrogen-bond donors (Lipinski definition) is 2. The predicted octanol–water partition coefficient (Wildman–Crippen LogP) is 5.06. The molecule has 1 unspecified atom stereocenters. The lowest BCUT2D eigenvalue weighted by molar-refractivity contribution is -0.149. The summed E-state index contributed by atoms with van der Waals surface area (Å²) in [5, 5.41) is 13.3. The van der Waals surface area contributed by atoms with E-state index in [1.165, 1.54) is 25.7 Å². The number of nitrogens with one attached hydrogen (secondary N) is 1. The van der Waals surface area contributed by atoms with Gasteiger partial charge in [0.05, 0.1) is 5.69 Å². The van der Waals surface area contributed by atoms with E-state index in [1.54, 1.807) is 13.1 Å². The van der Waals surface area contributed by atoms with Crippen molar-refractivity contribution in [2.75, 3.05) is 25.1 Å². The van der Waals surface area contributed by atoms with Gasteiger partial charge in [0.1, 0.15) is 0 Å². The van der Waals surface area contributed by atoms with Crippen molar-refractivity contribution in [3.8, 4) is 11.3 Å². The van der Waals surface area contributed by atoms with E-state index in [4.69, 9.17) is 17.0 Å². The van der Waals surface area contributed by atoms with Crippen LogP contribution in [0, 0.1) is 0 Å². The summed E-state index contributed by atoms with van der Waals surface area (Å²) < 4.78 is 5.30. The van der Waals surface area contributed by atoms with Crippen LogP contribution in [0.4, 0.5) is 5.69 Å². The Bertz CT molecular complexity index is 858. The Hall–Kier alpha value is -2.51. The fraction of sp³-hybridized carbons (Fsp3) is 0.480. The van der Waals surface area contributed by atoms with Crippen molar-refractivity contribution in [2.45, 2.75) is 58.5 Å². The molecule has 7 heteroatoms. The van der Waals surface area contributed by atoms with Crippen LogP contribution in [0.3, 0.4) is 0 Å². The first kappa shape index (κ1) is 25.7. The smallest absolute Gasteiger partial charge is 0.333 e. The van der Waals surface area contributed by atoms with Gasteiger partial charge in [-0.2, -0.15) is 0 Å². The molecule has 0 amide bonds. The minimum absolute atomic E-state index is 0.331. The number of carbonyl (C=O) groups is 1. The van der Waals surface area contributed by atoms with Gasteiger partial charge in [0, 0.05) is 44.1 Å². The molecule has 0 aliphatic carbocycles. The number of carboxylic acid groups (broad SMARTS) is 1. The molecule has 1 heterocycles. The monoisotopic (exact) mass is 457 g/mol. The largest absolute Gasteiger partial charge is 0.479 e. The first-order valence-electron chi connectivity index (χ1n) is 11.4. The molecular formula is C25H35N3O3S. The second kappa shape index (κ2) is 13.8. The molecule has 2 N–H and O–H groups in total. The first-order chi connectivity index (χ1) is 15.5. The molecule has 0 saturated carbocycles. The molecule has 174 valence electrons. The van der Waals surface area contributed by atoms with Gasteiger partial charge < -0.3 is 20.1 Å². The van der Waals surface area contributed by atoms with Crippen LogP contribution < -0.4 is 10.2 Å². The van der Waals surface area contributed by atoms with Crippen molar-refractivity contribution < 1.29 is 14.6 Å². The Morgan fingerprint density at radius 1 is 1.16 bits per heavy atom. The molecule has 1 atom stereocenters. The van der Waals surface area contributed by atoms with Crippen molar-refractivity contribution in [2.24, 2.45) is 0 Å². The minimum atomic E-state index is -0.945. The average Bonchev–Trinajstić information content (AvgIpc) is 2.81. The third kappa shape index (κ3) is 8.20. The number of thiocarbonyl (C=S) groups is 1. The van der Waals surface area contributed by atoms with Crippen LogP contribution in [-0.2, 0) is 16.0 Å². The summed E-state index contributed by atoms with van der Waals surface area (Å²) in [6, 6.07) is 11.7. The molecule has 1 aromatic carbocycles. The topological polar surface area (TPSA) is 74.7 Å². The molecule has 0 aliphatic heterocycles. The maximum absolute atomic E-state index is 11.3. The second-order valence-electron chi connectivity index (χ2n) is 7.79. The molecule has 6 nitrogen and oxygen atoms in total. The van der Waals surface area contributed by atoms with Gasteiger partial charge in [-0.1, -0.05) is 56.9 Å². The van der Waals surface area contributed by atoms with Gasteiger partial charge in [0.25, 0.3) is 0 Å². The number of ether oxygens (including phenoxy) is 1. The van der Waals surface area contributed by atoms with Crippen LogP contribution in [0.25, 0.3) is 11.3 Å². The van der Waals surface area contributed by atoms with Crippen molar-refractivity contribution in [1.82, 2.24) is 10.3 Å². The molecule has 1 aromatic heterocycles. The number of aliphatic carboxylic acids is 1. The number of unbranched alkanes of at least 4 members (excludes halogenated alkanes) is 4. The lowest BCUT2D eigenvalue weighted by Crippen LogP contribution is -2.37. The van der Waals surface area contributed by atoms with Gasteiger partial charge in [-0.3, -0.25) is 4.98 Å². The van der Waals surface area contributed by atoms with Crippen LogP contribution in [0.5, 0.6) is 0 Å². The van der Waals surface area contributed by atoms with E-state index in [9.17, 15) is 9.90 Å². The Morgan fingerprint density at radius 3 is 2.53 bits per heavy atom. The van der Waals surface area contributed by atoms with E-state index in [0.29, 0.717) is 18.1 Å². The van der Waals surface area contributed by atoms with Crippen molar-refractivity contribution in [3.63, 3.8) is 0 Å². The fourth-order valence-corrected chi connectivity index (χ4v) is 3.60. The van der Waals surface area contributed by atoms with E-state index in [1.807, 2.05) is 48.3 Å². The third-order valence-electron chi connectivity index (χ3n) is 5.31. The number of anilines is 1. The predicted molar refractivity (Wildman–Crippen MR) is 134 cm³/mol. The molecule has 0 saturated heterocycles. The normalized spacial score (nSPS) is 11.7. The lowest BCUT2D eigenvalue weighted by Gasteiger charge is -2.21. The number of carboxylic acids is 1. The van der Waals surface area contributed by atoms with Crippen LogP contribution in [0.2, 0.25) is 0 Å². The molecule has 0 bridgehead atoms. The molecule has 0 spiro atoms. The summed E-state index contributed by atoms with van der Waals surface area (Å²) in [6.45, 7) is 5.26. The number of pyridine rings is 1. The highest BCUT2D eigenvalue weighted by atomic mass is 32.1. The Balaban J connectivity index is 1.98. The Morgan fingerprint density at radius 2 is 1.88 bits per heavy atom. The molecule has 2 rings (SSSR count). The van der Waals surface area contributed by atoms with Crippen LogP contribution >= 0.6 is 12.2 Å². The molecule has 0 radical (unpaired) electrons. The summed E-state index contributed by atoms with van der Waals surface area (Å²) in [7, 11) is 1.95. The van der Waals surface area contributed by atoms with E-state index in [-0.39, 0.29) is 0 Å². The first-order valence-corrected chi connectivity index (χ1v) is 11.8. The zero-order valence-corrected chi connectivity index (χ0v) is 20.2. The number of benzene rings is 1. The van der Waals surface area contributed by atoms with Gasteiger partial charge >= 0.3 is 5.97 Å². The molecule has 0 fully saturated rings. The highest BCUT2D eigenvalue weighted by Crippen LogP contribution is 2.23. The Kier molecular flexibility index (Phi) is 11.1. The average molecular weight is 458 g/mol. The van der Waals surface area contributed by atoms with Crippen LogP contribution in [-0.4, -0.2) is 47.5 Å². The maximum Gasteiger partial charge on any atom is 0.333 e. The summed E-state index contributed by atoms with van der Waals surface area (Å²) in [5.41, 5.74) is 3.67. The minimum Gasteiger partial charge on any atom is -0.479 e. The third-order valence-corrected chi connectivity index (χ3v) is 5.72. The van der Waals surface area contributed by atoms with Gasteiger partial charge in [0.2, 0.25) is 0 Å². The van der Waals surface area contributed by atoms with E-state index in [2.05, 4.69) is 17.2 Å². The number of nitrogens with zero attached hydrogens (tertiary/aromatic N) is 2.